The smallest absolute Gasteiger partial charge is 0.360 e. The molecular weight excluding hydrogens is 218 g/mol. The predicted molar refractivity (Wildman–Crippen MR) is 62.1 cm³/mol. The summed E-state index contributed by atoms with van der Waals surface area (Å²) >= 11 is 0. The lowest BCUT2D eigenvalue weighted by Crippen LogP contribution is -2.06. The molecule has 0 amide bonds. The molecule has 0 spiro atoms. The van der Waals surface area contributed by atoms with Crippen LogP contribution in [-0.2, 0) is 4.74 Å². The lowest BCUT2D eigenvalue weighted by molar-refractivity contribution is 0.0519. The summed E-state index contributed by atoms with van der Waals surface area (Å²) in [4.78, 5) is 12.8. The summed E-state index contributed by atoms with van der Waals surface area (Å²) in [6.45, 7) is 4.07. The molecule has 0 N–H and O–H groups in total. The number of carbonyl (C=O) groups is 1. The van der Waals surface area contributed by atoms with Crippen LogP contribution >= 0.6 is 0 Å². The minimum Gasteiger partial charge on any atom is -0.461 e. The number of carbonyl (C=O) groups excluding carboxylic acids is 1. The van der Waals surface area contributed by atoms with Crippen LogP contribution in [0.25, 0.3) is 5.69 Å². The maximum absolute atomic E-state index is 11.4. The monoisotopic (exact) mass is 231 g/mol. The molecule has 1 aromatic carbocycles. The Kier molecular flexibility index (Phi) is 3.18. The van der Waals surface area contributed by atoms with Crippen molar-refractivity contribution in [3.05, 3.63) is 41.7 Å². The van der Waals surface area contributed by atoms with Crippen molar-refractivity contribution >= 4 is 5.97 Å². The van der Waals surface area contributed by atoms with E-state index in [0.717, 1.165) is 11.3 Å². The Bertz CT molecular complexity index is 534. The summed E-state index contributed by atoms with van der Waals surface area (Å²) in [6, 6.07) is 7.72. The van der Waals surface area contributed by atoms with E-state index in [4.69, 9.17) is 4.74 Å². The lowest BCUT2D eigenvalue weighted by atomic mass is 10.2. The van der Waals surface area contributed by atoms with Crippen LogP contribution in [-0.4, -0.2) is 27.6 Å². The quantitative estimate of drug-likeness (QED) is 0.755. The van der Waals surface area contributed by atoms with Crippen LogP contribution in [0.3, 0.4) is 0 Å². The van der Waals surface area contributed by atoms with Crippen molar-refractivity contribution in [2.45, 2.75) is 13.8 Å². The molecule has 1 heterocycles. The van der Waals surface area contributed by atoms with Crippen LogP contribution in [0.15, 0.2) is 30.5 Å². The second kappa shape index (κ2) is 4.78. The van der Waals surface area contributed by atoms with Gasteiger partial charge in [-0.2, -0.15) is 9.90 Å². The van der Waals surface area contributed by atoms with E-state index >= 15 is 0 Å². The van der Waals surface area contributed by atoms with Crippen molar-refractivity contribution in [2.24, 2.45) is 0 Å². The minimum absolute atomic E-state index is 0.216. The van der Waals surface area contributed by atoms with Gasteiger partial charge in [-0.15, -0.1) is 5.10 Å². The van der Waals surface area contributed by atoms with Gasteiger partial charge >= 0.3 is 5.97 Å². The average molecular weight is 231 g/mol. The third kappa shape index (κ3) is 2.50. The van der Waals surface area contributed by atoms with E-state index in [-0.39, 0.29) is 5.69 Å². The molecule has 5 nitrogen and oxygen atoms in total. The van der Waals surface area contributed by atoms with E-state index in [9.17, 15) is 4.79 Å². The van der Waals surface area contributed by atoms with Crippen LogP contribution in [0.5, 0.6) is 0 Å². The molecule has 2 rings (SSSR count). The molecule has 17 heavy (non-hydrogen) atoms. The van der Waals surface area contributed by atoms with Crippen LogP contribution in [0.2, 0.25) is 0 Å². The number of esters is 1. The number of rotatable bonds is 3. The second-order valence-electron chi connectivity index (χ2n) is 3.58. The molecule has 5 heteroatoms. The van der Waals surface area contributed by atoms with Crippen molar-refractivity contribution in [3.63, 3.8) is 0 Å². The molecule has 0 saturated heterocycles. The fourth-order valence-corrected chi connectivity index (χ4v) is 1.44. The highest BCUT2D eigenvalue weighted by atomic mass is 16.5. The normalized spacial score (nSPS) is 10.2. The highest BCUT2D eigenvalue weighted by molar-refractivity contribution is 5.86. The van der Waals surface area contributed by atoms with Gasteiger partial charge in [0.25, 0.3) is 0 Å². The Hall–Kier alpha value is -2.17. The highest BCUT2D eigenvalue weighted by Gasteiger charge is 2.11. The first-order valence-electron chi connectivity index (χ1n) is 5.37. The summed E-state index contributed by atoms with van der Waals surface area (Å²) in [7, 11) is 0. The molecule has 88 valence electrons. The van der Waals surface area contributed by atoms with Gasteiger partial charge in [0.05, 0.1) is 18.5 Å². The van der Waals surface area contributed by atoms with Gasteiger partial charge in [0.15, 0.2) is 5.69 Å². The van der Waals surface area contributed by atoms with Gasteiger partial charge in [-0.05, 0) is 31.5 Å². The number of aromatic nitrogens is 3. The van der Waals surface area contributed by atoms with Gasteiger partial charge in [0.2, 0.25) is 0 Å². The summed E-state index contributed by atoms with van der Waals surface area (Å²) < 4.78 is 4.85. The SMILES string of the molecule is CCOC(=O)c1cnn(-c2cccc(C)c2)n1. The number of nitrogens with zero attached hydrogens (tertiary/aromatic N) is 3. The molecule has 2 aromatic rings. The first-order chi connectivity index (χ1) is 8.20. The molecule has 0 fully saturated rings. The van der Waals surface area contributed by atoms with Gasteiger partial charge in [0.1, 0.15) is 0 Å². The third-order valence-corrected chi connectivity index (χ3v) is 2.21. The van der Waals surface area contributed by atoms with Gasteiger partial charge in [-0.3, -0.25) is 0 Å². The van der Waals surface area contributed by atoms with Crippen molar-refractivity contribution in [1.82, 2.24) is 15.0 Å². The van der Waals surface area contributed by atoms with Crippen LogP contribution in [0.1, 0.15) is 23.0 Å². The fraction of sp³-hybridized carbons (Fsp3) is 0.250. The fourth-order valence-electron chi connectivity index (χ4n) is 1.44. The summed E-state index contributed by atoms with van der Waals surface area (Å²) in [5.41, 5.74) is 2.14. The zero-order valence-electron chi connectivity index (χ0n) is 9.75. The van der Waals surface area contributed by atoms with Crippen molar-refractivity contribution < 1.29 is 9.53 Å². The minimum atomic E-state index is -0.452. The molecule has 1 aromatic heterocycles. The molecule has 0 aliphatic carbocycles. The van der Waals surface area contributed by atoms with Crippen molar-refractivity contribution in [2.75, 3.05) is 6.61 Å². The number of aryl methyl sites for hydroxylation is 1. The molecule has 0 unspecified atom stereocenters. The summed E-state index contributed by atoms with van der Waals surface area (Å²) in [5.74, 6) is -0.452. The van der Waals surface area contributed by atoms with E-state index in [2.05, 4.69) is 10.2 Å². The summed E-state index contributed by atoms with van der Waals surface area (Å²) in [5, 5.41) is 8.11. The number of hydrogen-bond donors (Lipinski definition) is 0. The van der Waals surface area contributed by atoms with E-state index in [1.165, 1.54) is 11.0 Å². The second-order valence-corrected chi connectivity index (χ2v) is 3.58. The molecule has 0 radical (unpaired) electrons. The molecule has 0 aliphatic heterocycles. The molecular formula is C12H13N3O2. The molecule has 0 saturated carbocycles. The van der Waals surface area contributed by atoms with Gasteiger partial charge in [-0.25, -0.2) is 4.79 Å². The van der Waals surface area contributed by atoms with Gasteiger partial charge < -0.3 is 4.74 Å². The topological polar surface area (TPSA) is 57.0 Å². The Labute approximate surface area is 99.0 Å². The van der Waals surface area contributed by atoms with Crippen LogP contribution in [0, 0.1) is 6.92 Å². The highest BCUT2D eigenvalue weighted by Crippen LogP contribution is 2.08. The van der Waals surface area contributed by atoms with Crippen LogP contribution < -0.4 is 0 Å². The first-order valence-corrected chi connectivity index (χ1v) is 5.37. The Morgan fingerprint density at radius 2 is 2.29 bits per heavy atom. The number of ether oxygens (including phenoxy) is 1. The molecule has 0 bridgehead atoms. The molecule has 0 atom stereocenters. The predicted octanol–water partition coefficient (Wildman–Crippen LogP) is 1.75. The average Bonchev–Trinajstić information content (AvgIpc) is 2.78. The van der Waals surface area contributed by atoms with Crippen LogP contribution in [0.4, 0.5) is 0 Å². The lowest BCUT2D eigenvalue weighted by Gasteiger charge is -2.00. The standard InChI is InChI=1S/C12H13N3O2/c1-3-17-12(16)11-8-13-15(14-11)10-6-4-5-9(2)7-10/h4-8H,3H2,1-2H3. The van der Waals surface area contributed by atoms with Crippen molar-refractivity contribution in [1.29, 1.82) is 0 Å². The Balaban J connectivity index is 2.27. The Morgan fingerprint density at radius 3 is 3.00 bits per heavy atom. The first kappa shape index (κ1) is 11.3. The zero-order valence-corrected chi connectivity index (χ0v) is 9.75. The van der Waals surface area contributed by atoms with E-state index in [1.54, 1.807) is 6.92 Å². The number of benzene rings is 1. The Morgan fingerprint density at radius 1 is 1.47 bits per heavy atom. The molecule has 0 aliphatic rings. The van der Waals surface area contributed by atoms with Crippen molar-refractivity contribution in [3.8, 4) is 5.69 Å². The maximum atomic E-state index is 11.4. The van der Waals surface area contributed by atoms with E-state index < -0.39 is 5.97 Å². The van der Waals surface area contributed by atoms with Gasteiger partial charge in [-0.1, -0.05) is 12.1 Å². The summed E-state index contributed by atoms with van der Waals surface area (Å²) in [6.07, 6.45) is 1.40. The third-order valence-electron chi connectivity index (χ3n) is 2.21. The number of hydrogen-bond acceptors (Lipinski definition) is 4. The van der Waals surface area contributed by atoms with E-state index in [0.29, 0.717) is 6.61 Å². The van der Waals surface area contributed by atoms with Gasteiger partial charge in [0, 0.05) is 0 Å². The maximum Gasteiger partial charge on any atom is 0.360 e. The van der Waals surface area contributed by atoms with E-state index in [1.807, 2.05) is 31.2 Å². The largest absolute Gasteiger partial charge is 0.461 e. The zero-order chi connectivity index (χ0) is 12.3.